The SMILES string of the molecule is C=C(C)C(=O)NCCN(Cc1ccc(Cn2c(C3CC3)nc3c(N)nc4ccccc4c32)cc1)C(=O)O. The van der Waals surface area contributed by atoms with E-state index in [0.717, 1.165) is 51.7 Å². The summed E-state index contributed by atoms with van der Waals surface area (Å²) in [5.41, 5.74) is 11.2. The van der Waals surface area contributed by atoms with Crippen LogP contribution in [0.2, 0.25) is 0 Å². The quantitative estimate of drug-likeness (QED) is 0.296. The van der Waals surface area contributed by atoms with E-state index in [1.807, 2.05) is 42.5 Å². The standard InChI is InChI=1S/C28H30N6O3/c1-17(2)27(35)30-13-14-33(28(36)37)15-18-7-9-19(10-8-18)16-34-24-21-5-3-4-6-22(21)31-25(29)23(24)32-26(34)20-11-12-20/h3-10,20H,1,11-16H2,2H3,(H2,29,31)(H,30,35)(H,36,37). The lowest BCUT2D eigenvalue weighted by Gasteiger charge is -2.20. The van der Waals surface area contributed by atoms with E-state index in [2.05, 4.69) is 27.5 Å². The van der Waals surface area contributed by atoms with Crippen LogP contribution in [0.3, 0.4) is 0 Å². The number of hydrogen-bond acceptors (Lipinski definition) is 5. The average molecular weight is 499 g/mol. The minimum Gasteiger partial charge on any atom is -0.465 e. The summed E-state index contributed by atoms with van der Waals surface area (Å²) < 4.78 is 2.26. The molecule has 4 aromatic rings. The number of nitrogens with zero attached hydrogens (tertiary/aromatic N) is 4. The molecule has 5 rings (SSSR count). The minimum atomic E-state index is -1.04. The van der Waals surface area contributed by atoms with Gasteiger partial charge in [-0.15, -0.1) is 0 Å². The van der Waals surface area contributed by atoms with Gasteiger partial charge in [-0.25, -0.2) is 14.8 Å². The Bertz CT molecular complexity index is 1500. The van der Waals surface area contributed by atoms with Gasteiger partial charge in [-0.2, -0.15) is 0 Å². The number of nitrogens with one attached hydrogen (secondary N) is 1. The smallest absolute Gasteiger partial charge is 0.407 e. The maximum Gasteiger partial charge on any atom is 0.407 e. The van der Waals surface area contributed by atoms with Crippen molar-refractivity contribution in [2.24, 2.45) is 0 Å². The van der Waals surface area contributed by atoms with Crippen molar-refractivity contribution in [2.45, 2.75) is 38.8 Å². The summed E-state index contributed by atoms with van der Waals surface area (Å²) in [4.78, 5) is 34.2. The summed E-state index contributed by atoms with van der Waals surface area (Å²) in [6.45, 7) is 6.47. The largest absolute Gasteiger partial charge is 0.465 e. The third kappa shape index (κ3) is 5.11. The van der Waals surface area contributed by atoms with Crippen LogP contribution in [0.15, 0.2) is 60.7 Å². The van der Waals surface area contributed by atoms with E-state index in [1.165, 1.54) is 4.90 Å². The lowest BCUT2D eigenvalue weighted by molar-refractivity contribution is -0.117. The van der Waals surface area contributed by atoms with Gasteiger partial charge in [0, 0.05) is 43.1 Å². The number of rotatable bonds is 9. The summed E-state index contributed by atoms with van der Waals surface area (Å²) in [5, 5.41) is 13.3. The molecule has 9 heteroatoms. The number of anilines is 1. The topological polar surface area (TPSA) is 126 Å². The third-order valence-electron chi connectivity index (χ3n) is 6.64. The van der Waals surface area contributed by atoms with Crippen molar-refractivity contribution in [1.82, 2.24) is 24.8 Å². The second kappa shape index (κ2) is 9.93. The van der Waals surface area contributed by atoms with E-state index in [9.17, 15) is 14.7 Å². The zero-order valence-electron chi connectivity index (χ0n) is 20.8. The van der Waals surface area contributed by atoms with Crippen LogP contribution in [0.4, 0.5) is 10.6 Å². The molecule has 0 unspecified atom stereocenters. The number of imidazole rings is 1. The lowest BCUT2D eigenvalue weighted by Crippen LogP contribution is -2.37. The molecule has 190 valence electrons. The van der Waals surface area contributed by atoms with Gasteiger partial charge < -0.3 is 25.6 Å². The molecule has 2 aromatic carbocycles. The van der Waals surface area contributed by atoms with E-state index in [1.54, 1.807) is 6.92 Å². The molecular formula is C28H30N6O3. The van der Waals surface area contributed by atoms with Gasteiger partial charge in [-0.1, -0.05) is 49.0 Å². The minimum absolute atomic E-state index is 0.185. The summed E-state index contributed by atoms with van der Waals surface area (Å²) in [6.07, 6.45) is 1.20. The van der Waals surface area contributed by atoms with E-state index in [-0.39, 0.29) is 25.5 Å². The maximum absolute atomic E-state index is 11.7. The van der Waals surface area contributed by atoms with Crippen molar-refractivity contribution in [2.75, 3.05) is 18.8 Å². The van der Waals surface area contributed by atoms with E-state index >= 15 is 0 Å². The summed E-state index contributed by atoms with van der Waals surface area (Å²) in [7, 11) is 0. The highest BCUT2D eigenvalue weighted by molar-refractivity contribution is 6.06. The molecule has 1 aliphatic rings. The normalized spacial score (nSPS) is 13.1. The molecule has 2 amide bonds. The van der Waals surface area contributed by atoms with Gasteiger partial charge in [0.2, 0.25) is 5.91 Å². The number of fused-ring (bicyclic) bond motifs is 3. The Balaban J connectivity index is 1.37. The van der Waals surface area contributed by atoms with E-state index in [4.69, 9.17) is 10.7 Å². The summed E-state index contributed by atoms with van der Waals surface area (Å²) >= 11 is 0. The third-order valence-corrected chi connectivity index (χ3v) is 6.64. The maximum atomic E-state index is 11.7. The number of carbonyl (C=O) groups excluding carboxylic acids is 1. The molecule has 0 radical (unpaired) electrons. The number of aromatic nitrogens is 3. The van der Waals surface area contributed by atoms with Gasteiger partial charge in [-0.3, -0.25) is 4.79 Å². The molecule has 1 aliphatic carbocycles. The van der Waals surface area contributed by atoms with Crippen molar-refractivity contribution in [1.29, 1.82) is 0 Å². The molecule has 2 aromatic heterocycles. The first kappa shape index (κ1) is 24.3. The zero-order chi connectivity index (χ0) is 26.1. The first-order chi connectivity index (χ1) is 17.8. The van der Waals surface area contributed by atoms with Crippen LogP contribution < -0.4 is 11.1 Å². The van der Waals surface area contributed by atoms with Crippen LogP contribution >= 0.6 is 0 Å². The molecule has 4 N–H and O–H groups in total. The Hall–Kier alpha value is -4.40. The van der Waals surface area contributed by atoms with Gasteiger partial charge in [0.05, 0.1) is 11.0 Å². The number of benzene rings is 2. The highest BCUT2D eigenvalue weighted by atomic mass is 16.4. The number of hydrogen-bond donors (Lipinski definition) is 3. The number of nitrogen functional groups attached to an aromatic ring is 1. The first-order valence-corrected chi connectivity index (χ1v) is 12.4. The van der Waals surface area contributed by atoms with Crippen molar-refractivity contribution >= 4 is 39.8 Å². The van der Waals surface area contributed by atoms with Crippen molar-refractivity contribution in [3.05, 3.63) is 77.6 Å². The first-order valence-electron chi connectivity index (χ1n) is 12.4. The molecule has 0 spiro atoms. The van der Waals surface area contributed by atoms with Crippen LogP contribution in [0, 0.1) is 0 Å². The molecule has 37 heavy (non-hydrogen) atoms. The van der Waals surface area contributed by atoms with Crippen LogP contribution in [0.1, 0.15) is 42.6 Å². The Morgan fingerprint density at radius 1 is 1.14 bits per heavy atom. The number of nitrogens with two attached hydrogens (primary N) is 1. The number of pyridine rings is 1. The predicted molar refractivity (Wildman–Crippen MR) is 143 cm³/mol. The molecule has 9 nitrogen and oxygen atoms in total. The Labute approximate surface area is 214 Å². The molecule has 0 saturated heterocycles. The van der Waals surface area contributed by atoms with Crippen LogP contribution in [0.5, 0.6) is 0 Å². The number of carbonyl (C=O) groups is 2. The van der Waals surface area contributed by atoms with Gasteiger partial charge in [-0.05, 0) is 37.0 Å². The van der Waals surface area contributed by atoms with Crippen molar-refractivity contribution < 1.29 is 14.7 Å². The van der Waals surface area contributed by atoms with Crippen LogP contribution in [-0.2, 0) is 17.9 Å². The Morgan fingerprint density at radius 3 is 2.51 bits per heavy atom. The van der Waals surface area contributed by atoms with Gasteiger partial charge in [0.25, 0.3) is 0 Å². The molecule has 0 aliphatic heterocycles. The summed E-state index contributed by atoms with van der Waals surface area (Å²) in [6, 6.07) is 15.9. The summed E-state index contributed by atoms with van der Waals surface area (Å²) in [5.74, 6) is 1.63. The van der Waals surface area contributed by atoms with Gasteiger partial charge in [0.15, 0.2) is 5.82 Å². The lowest BCUT2D eigenvalue weighted by atomic mass is 10.1. The van der Waals surface area contributed by atoms with Gasteiger partial charge in [0.1, 0.15) is 11.3 Å². The number of para-hydroxylation sites is 1. The number of amides is 2. The second-order valence-corrected chi connectivity index (χ2v) is 9.60. The highest BCUT2D eigenvalue weighted by Gasteiger charge is 2.31. The molecule has 2 heterocycles. The highest BCUT2D eigenvalue weighted by Crippen LogP contribution is 2.42. The molecular weight excluding hydrogens is 468 g/mol. The average Bonchev–Trinajstić information content (AvgIpc) is 3.65. The van der Waals surface area contributed by atoms with E-state index in [0.29, 0.717) is 23.9 Å². The molecule has 1 saturated carbocycles. The fourth-order valence-corrected chi connectivity index (χ4v) is 4.54. The van der Waals surface area contributed by atoms with Crippen molar-refractivity contribution in [3.63, 3.8) is 0 Å². The monoisotopic (exact) mass is 498 g/mol. The zero-order valence-corrected chi connectivity index (χ0v) is 20.8. The second-order valence-electron chi connectivity index (χ2n) is 9.60. The van der Waals surface area contributed by atoms with Crippen LogP contribution in [-0.4, -0.2) is 49.6 Å². The molecule has 0 atom stereocenters. The van der Waals surface area contributed by atoms with E-state index < -0.39 is 6.09 Å². The predicted octanol–water partition coefficient (Wildman–Crippen LogP) is 4.26. The number of carboxylic acid groups (broad SMARTS) is 1. The fourth-order valence-electron chi connectivity index (χ4n) is 4.54. The fraction of sp³-hybridized carbons (Fsp3) is 0.286. The molecule has 1 fully saturated rings. The Kier molecular flexibility index (Phi) is 6.52. The Morgan fingerprint density at radius 2 is 1.84 bits per heavy atom. The van der Waals surface area contributed by atoms with Crippen LogP contribution in [0.25, 0.3) is 21.9 Å². The van der Waals surface area contributed by atoms with Crippen molar-refractivity contribution in [3.8, 4) is 0 Å². The van der Waals surface area contributed by atoms with Gasteiger partial charge >= 0.3 is 6.09 Å². The molecule has 0 bridgehead atoms.